The summed E-state index contributed by atoms with van der Waals surface area (Å²) >= 11 is 0. The van der Waals surface area contributed by atoms with E-state index in [-0.39, 0.29) is 18.1 Å². The molecule has 7 heteroatoms. The molecule has 0 atom stereocenters. The largest absolute Gasteiger partial charge is 0.476 e. The summed E-state index contributed by atoms with van der Waals surface area (Å²) < 4.78 is 1.28. The maximum absolute atomic E-state index is 11.5. The van der Waals surface area contributed by atoms with Crippen LogP contribution in [0, 0.1) is 6.92 Å². The fourth-order valence-corrected chi connectivity index (χ4v) is 1.78. The molecular formula is C13H14N4O3. The topological polar surface area (TPSA) is 97.1 Å². The van der Waals surface area contributed by atoms with Crippen LogP contribution in [-0.2, 0) is 11.3 Å². The van der Waals surface area contributed by atoms with Crippen LogP contribution in [-0.4, -0.2) is 39.0 Å². The monoisotopic (exact) mass is 274 g/mol. The van der Waals surface area contributed by atoms with Gasteiger partial charge in [0, 0.05) is 12.6 Å². The second-order valence-electron chi connectivity index (χ2n) is 4.29. The number of rotatable bonds is 4. The zero-order valence-electron chi connectivity index (χ0n) is 11.1. The summed E-state index contributed by atoms with van der Waals surface area (Å²) in [5.41, 5.74) is 1.86. The number of aromatic nitrogens is 3. The van der Waals surface area contributed by atoms with Gasteiger partial charge in [-0.15, -0.1) is 5.10 Å². The van der Waals surface area contributed by atoms with Crippen LogP contribution in [0.4, 0.5) is 0 Å². The van der Waals surface area contributed by atoms with Gasteiger partial charge in [-0.3, -0.25) is 4.79 Å². The van der Waals surface area contributed by atoms with Gasteiger partial charge in [-0.25, -0.2) is 9.48 Å². The van der Waals surface area contributed by atoms with Gasteiger partial charge in [0.2, 0.25) is 5.91 Å². The fourth-order valence-electron chi connectivity index (χ4n) is 1.78. The van der Waals surface area contributed by atoms with Crippen LogP contribution in [0.3, 0.4) is 0 Å². The molecule has 0 unspecified atom stereocenters. The van der Waals surface area contributed by atoms with Gasteiger partial charge in [0.1, 0.15) is 12.2 Å². The number of likely N-dealkylation sites (N-methyl/N-ethyl adjacent to an activating group) is 1. The lowest BCUT2D eigenvalue weighted by Gasteiger charge is -2.07. The Kier molecular flexibility index (Phi) is 3.79. The third-order valence-electron chi connectivity index (χ3n) is 2.83. The predicted octanol–water partition coefficient (Wildman–Crippen LogP) is 0.698. The van der Waals surface area contributed by atoms with E-state index in [1.807, 2.05) is 19.1 Å². The van der Waals surface area contributed by atoms with Crippen molar-refractivity contribution in [1.82, 2.24) is 20.3 Å². The Labute approximate surface area is 115 Å². The van der Waals surface area contributed by atoms with Gasteiger partial charge in [-0.2, -0.15) is 0 Å². The molecule has 104 valence electrons. The van der Waals surface area contributed by atoms with Crippen LogP contribution in [0.1, 0.15) is 16.1 Å². The van der Waals surface area contributed by atoms with Crippen molar-refractivity contribution in [3.05, 3.63) is 35.5 Å². The second-order valence-corrected chi connectivity index (χ2v) is 4.29. The number of nitrogens with zero attached hydrogens (tertiary/aromatic N) is 3. The first-order chi connectivity index (χ1) is 9.52. The maximum atomic E-state index is 11.5. The van der Waals surface area contributed by atoms with Crippen molar-refractivity contribution < 1.29 is 14.7 Å². The summed E-state index contributed by atoms with van der Waals surface area (Å²) in [5.74, 6) is -1.45. The zero-order chi connectivity index (χ0) is 14.7. The molecule has 7 nitrogen and oxygen atoms in total. The minimum absolute atomic E-state index is 0.0833. The molecule has 0 aliphatic rings. The van der Waals surface area contributed by atoms with Crippen LogP contribution in [0.25, 0.3) is 11.3 Å². The fraction of sp³-hybridized carbons (Fsp3) is 0.231. The molecule has 0 aliphatic heterocycles. The first-order valence-electron chi connectivity index (χ1n) is 5.97. The zero-order valence-corrected chi connectivity index (χ0v) is 11.1. The standard InChI is InChI=1S/C13H14N4O3/c1-8-3-5-9(6-4-8)12-11(13(19)20)15-16-17(12)7-10(18)14-2/h3-6H,7H2,1-2H3,(H,14,18)(H,19,20). The summed E-state index contributed by atoms with van der Waals surface area (Å²) in [4.78, 5) is 22.7. The molecule has 2 aromatic rings. The number of carboxylic acid groups (broad SMARTS) is 1. The molecule has 0 aliphatic carbocycles. The van der Waals surface area contributed by atoms with Crippen molar-refractivity contribution >= 4 is 11.9 Å². The Morgan fingerprint density at radius 1 is 1.30 bits per heavy atom. The molecule has 2 rings (SSSR count). The van der Waals surface area contributed by atoms with Crippen molar-refractivity contribution in [3.8, 4) is 11.3 Å². The Bertz CT molecular complexity index is 646. The molecule has 20 heavy (non-hydrogen) atoms. The number of amides is 1. The summed E-state index contributed by atoms with van der Waals surface area (Å²) in [5, 5.41) is 19.0. The van der Waals surface area contributed by atoms with Crippen LogP contribution in [0.15, 0.2) is 24.3 Å². The molecule has 0 saturated heterocycles. The molecule has 1 amide bonds. The number of benzene rings is 1. The highest BCUT2D eigenvalue weighted by atomic mass is 16.4. The van der Waals surface area contributed by atoms with Gasteiger partial charge in [0.15, 0.2) is 5.69 Å². The van der Waals surface area contributed by atoms with Gasteiger partial charge >= 0.3 is 5.97 Å². The number of aromatic carboxylic acids is 1. The van der Waals surface area contributed by atoms with E-state index in [0.29, 0.717) is 11.3 Å². The Morgan fingerprint density at radius 2 is 1.95 bits per heavy atom. The number of hydrogen-bond donors (Lipinski definition) is 2. The van der Waals surface area contributed by atoms with E-state index >= 15 is 0 Å². The maximum Gasteiger partial charge on any atom is 0.358 e. The number of carboxylic acids is 1. The van der Waals surface area contributed by atoms with Crippen LogP contribution in [0.5, 0.6) is 0 Å². The van der Waals surface area contributed by atoms with Crippen molar-refractivity contribution in [2.75, 3.05) is 7.05 Å². The summed E-state index contributed by atoms with van der Waals surface area (Å²) in [6.45, 7) is 1.85. The van der Waals surface area contributed by atoms with E-state index in [2.05, 4.69) is 15.6 Å². The average Bonchev–Trinajstić information content (AvgIpc) is 2.83. The van der Waals surface area contributed by atoms with Crippen molar-refractivity contribution in [2.24, 2.45) is 0 Å². The van der Waals surface area contributed by atoms with Gasteiger partial charge < -0.3 is 10.4 Å². The van der Waals surface area contributed by atoms with Gasteiger partial charge in [-0.1, -0.05) is 35.0 Å². The Hall–Kier alpha value is -2.70. The molecule has 1 aromatic carbocycles. The smallest absolute Gasteiger partial charge is 0.358 e. The number of aryl methyl sites for hydroxylation is 1. The molecule has 0 fully saturated rings. The lowest BCUT2D eigenvalue weighted by Crippen LogP contribution is -2.24. The summed E-state index contributed by atoms with van der Waals surface area (Å²) in [7, 11) is 1.50. The second kappa shape index (κ2) is 5.52. The molecule has 0 spiro atoms. The van der Waals surface area contributed by atoms with E-state index in [4.69, 9.17) is 5.11 Å². The SMILES string of the molecule is CNC(=O)Cn1nnc(C(=O)O)c1-c1ccc(C)cc1. The van der Waals surface area contributed by atoms with Crippen molar-refractivity contribution in [2.45, 2.75) is 13.5 Å². The predicted molar refractivity (Wildman–Crippen MR) is 71.2 cm³/mol. The average molecular weight is 274 g/mol. The van der Waals surface area contributed by atoms with Gasteiger partial charge in [0.25, 0.3) is 0 Å². The van der Waals surface area contributed by atoms with Crippen molar-refractivity contribution in [3.63, 3.8) is 0 Å². The highest BCUT2D eigenvalue weighted by Crippen LogP contribution is 2.22. The first kappa shape index (κ1) is 13.7. The number of carbonyl (C=O) groups excluding carboxylic acids is 1. The molecule has 1 aromatic heterocycles. The molecular weight excluding hydrogens is 260 g/mol. The van der Waals surface area contributed by atoms with Gasteiger partial charge in [0.05, 0.1) is 0 Å². The molecule has 0 bridgehead atoms. The number of nitrogens with one attached hydrogen (secondary N) is 1. The lowest BCUT2D eigenvalue weighted by molar-refractivity contribution is -0.121. The van der Waals surface area contributed by atoms with Crippen molar-refractivity contribution in [1.29, 1.82) is 0 Å². The number of hydrogen-bond acceptors (Lipinski definition) is 4. The highest BCUT2D eigenvalue weighted by Gasteiger charge is 2.21. The Balaban J connectivity index is 2.52. The first-order valence-corrected chi connectivity index (χ1v) is 5.97. The lowest BCUT2D eigenvalue weighted by atomic mass is 10.1. The molecule has 0 radical (unpaired) electrons. The van der Waals surface area contributed by atoms with Crippen LogP contribution in [0.2, 0.25) is 0 Å². The normalized spacial score (nSPS) is 10.3. The van der Waals surface area contributed by atoms with E-state index < -0.39 is 5.97 Å². The van der Waals surface area contributed by atoms with Gasteiger partial charge in [-0.05, 0) is 6.92 Å². The third-order valence-corrected chi connectivity index (χ3v) is 2.83. The number of carbonyl (C=O) groups is 2. The van der Waals surface area contributed by atoms with E-state index in [1.165, 1.54) is 11.7 Å². The van der Waals surface area contributed by atoms with Crippen LogP contribution < -0.4 is 5.32 Å². The minimum Gasteiger partial charge on any atom is -0.476 e. The minimum atomic E-state index is -1.18. The molecule has 2 N–H and O–H groups in total. The van der Waals surface area contributed by atoms with E-state index in [0.717, 1.165) is 5.56 Å². The summed E-state index contributed by atoms with van der Waals surface area (Å²) in [6.07, 6.45) is 0. The summed E-state index contributed by atoms with van der Waals surface area (Å²) in [6, 6.07) is 7.28. The quantitative estimate of drug-likeness (QED) is 0.855. The van der Waals surface area contributed by atoms with E-state index in [9.17, 15) is 9.59 Å². The van der Waals surface area contributed by atoms with Crippen LogP contribution >= 0.6 is 0 Å². The molecule has 1 heterocycles. The Morgan fingerprint density at radius 3 is 2.50 bits per heavy atom. The third kappa shape index (κ3) is 2.66. The highest BCUT2D eigenvalue weighted by molar-refractivity contribution is 5.93. The van der Waals surface area contributed by atoms with E-state index in [1.54, 1.807) is 12.1 Å². The molecule has 0 saturated carbocycles.